The van der Waals surface area contributed by atoms with Crippen LogP contribution in [0.2, 0.25) is 0 Å². The van der Waals surface area contributed by atoms with Gasteiger partial charge in [0.05, 0.1) is 5.38 Å². The maximum Gasteiger partial charge on any atom is 0.205 e. The third-order valence-electron chi connectivity index (χ3n) is 2.21. The van der Waals surface area contributed by atoms with Crippen molar-refractivity contribution in [3.05, 3.63) is 12.4 Å². The molecule has 3 nitrogen and oxygen atoms in total. The van der Waals surface area contributed by atoms with Gasteiger partial charge in [0.25, 0.3) is 0 Å². The molecule has 1 fully saturated rings. The Bertz CT molecular complexity index is 271. The fourth-order valence-electron chi connectivity index (χ4n) is 1.56. The van der Waals surface area contributed by atoms with E-state index in [0.717, 1.165) is 25.5 Å². The van der Waals surface area contributed by atoms with E-state index in [2.05, 4.69) is 9.88 Å². The van der Waals surface area contributed by atoms with E-state index in [1.807, 2.05) is 24.0 Å². The van der Waals surface area contributed by atoms with Gasteiger partial charge in [-0.3, -0.25) is 0 Å². The molecule has 2 rings (SSSR count). The number of alkyl halides is 1. The highest BCUT2D eigenvalue weighted by Crippen LogP contribution is 2.20. The minimum atomic E-state index is 0.293. The number of hydrogen-bond acceptors (Lipinski definition) is 2. The number of rotatable bonds is 1. The third-order valence-corrected chi connectivity index (χ3v) is 2.57. The van der Waals surface area contributed by atoms with E-state index in [4.69, 9.17) is 11.6 Å². The van der Waals surface area contributed by atoms with Crippen LogP contribution >= 0.6 is 11.6 Å². The Balaban J connectivity index is 2.16. The predicted molar refractivity (Wildman–Crippen MR) is 49.7 cm³/mol. The number of anilines is 1. The van der Waals surface area contributed by atoms with Crippen molar-refractivity contribution >= 4 is 17.5 Å². The summed E-state index contributed by atoms with van der Waals surface area (Å²) in [5, 5.41) is 0.293. The van der Waals surface area contributed by atoms with Crippen LogP contribution in [-0.2, 0) is 7.05 Å². The van der Waals surface area contributed by atoms with Gasteiger partial charge >= 0.3 is 0 Å². The molecule has 0 N–H and O–H groups in total. The summed E-state index contributed by atoms with van der Waals surface area (Å²) in [5.74, 6) is 1.03. The zero-order chi connectivity index (χ0) is 8.55. The maximum atomic E-state index is 6.00. The first kappa shape index (κ1) is 7.92. The highest BCUT2D eigenvalue weighted by atomic mass is 35.5. The Labute approximate surface area is 77.0 Å². The zero-order valence-corrected chi connectivity index (χ0v) is 7.83. The van der Waals surface area contributed by atoms with E-state index in [1.165, 1.54) is 0 Å². The van der Waals surface area contributed by atoms with Gasteiger partial charge in [-0.2, -0.15) is 0 Å². The molecule has 2 heterocycles. The molecule has 0 bridgehead atoms. The third kappa shape index (κ3) is 1.29. The lowest BCUT2D eigenvalue weighted by Gasteiger charge is -2.15. The van der Waals surface area contributed by atoms with Crippen LogP contribution in [0, 0.1) is 0 Å². The summed E-state index contributed by atoms with van der Waals surface area (Å²) in [4.78, 5) is 6.48. The number of nitrogens with zero attached hydrogens (tertiary/aromatic N) is 3. The van der Waals surface area contributed by atoms with Crippen LogP contribution in [0.25, 0.3) is 0 Å². The molecule has 0 amide bonds. The van der Waals surface area contributed by atoms with E-state index in [0.29, 0.717) is 5.38 Å². The van der Waals surface area contributed by atoms with Gasteiger partial charge in [-0.25, -0.2) is 4.98 Å². The average molecular weight is 186 g/mol. The molecule has 1 atom stereocenters. The maximum absolute atomic E-state index is 6.00. The molecule has 1 saturated heterocycles. The van der Waals surface area contributed by atoms with Gasteiger partial charge in [0.2, 0.25) is 5.95 Å². The molecule has 4 heteroatoms. The first-order chi connectivity index (χ1) is 5.77. The van der Waals surface area contributed by atoms with Crippen molar-refractivity contribution < 1.29 is 0 Å². The van der Waals surface area contributed by atoms with Crippen LogP contribution < -0.4 is 4.90 Å². The summed E-state index contributed by atoms with van der Waals surface area (Å²) < 4.78 is 2.02. The van der Waals surface area contributed by atoms with Crippen molar-refractivity contribution in [2.45, 2.75) is 11.8 Å². The van der Waals surface area contributed by atoms with Crippen LogP contribution in [0.1, 0.15) is 6.42 Å². The van der Waals surface area contributed by atoms with E-state index in [9.17, 15) is 0 Å². The van der Waals surface area contributed by atoms with Crippen molar-refractivity contribution in [2.24, 2.45) is 7.05 Å². The van der Waals surface area contributed by atoms with E-state index >= 15 is 0 Å². The lowest BCUT2D eigenvalue weighted by atomic mass is 10.4. The molecule has 1 aliphatic rings. The SMILES string of the molecule is Cn1ccnc1N1CCC(Cl)C1. The standard InChI is InChI=1S/C8H12ClN3/c1-11-5-3-10-8(11)12-4-2-7(9)6-12/h3,5,7H,2,4,6H2,1H3. The number of aromatic nitrogens is 2. The van der Waals surface area contributed by atoms with Gasteiger partial charge in [0.1, 0.15) is 0 Å². The number of imidazole rings is 1. The number of aryl methyl sites for hydroxylation is 1. The predicted octanol–water partition coefficient (Wildman–Crippen LogP) is 1.24. The number of halogens is 1. The van der Waals surface area contributed by atoms with Gasteiger partial charge in [-0.15, -0.1) is 11.6 Å². The fourth-order valence-corrected chi connectivity index (χ4v) is 1.83. The first-order valence-electron chi connectivity index (χ1n) is 4.13. The largest absolute Gasteiger partial charge is 0.341 e. The molecule has 0 saturated carbocycles. The summed E-state index contributed by atoms with van der Waals surface area (Å²) in [6.07, 6.45) is 4.84. The van der Waals surface area contributed by atoms with Crippen LogP contribution in [0.15, 0.2) is 12.4 Å². The fraction of sp³-hybridized carbons (Fsp3) is 0.625. The molecule has 1 aromatic rings. The molecule has 12 heavy (non-hydrogen) atoms. The van der Waals surface area contributed by atoms with Crippen LogP contribution in [0.5, 0.6) is 0 Å². The normalized spacial score (nSPS) is 23.5. The van der Waals surface area contributed by atoms with Gasteiger partial charge in [-0.05, 0) is 6.42 Å². The summed E-state index contributed by atoms with van der Waals surface area (Å²) in [5.41, 5.74) is 0. The molecule has 1 unspecified atom stereocenters. The van der Waals surface area contributed by atoms with Crippen molar-refractivity contribution in [1.29, 1.82) is 0 Å². The van der Waals surface area contributed by atoms with Gasteiger partial charge < -0.3 is 9.47 Å². The monoisotopic (exact) mass is 185 g/mol. The van der Waals surface area contributed by atoms with Crippen molar-refractivity contribution in [3.63, 3.8) is 0 Å². The highest BCUT2D eigenvalue weighted by Gasteiger charge is 2.22. The lowest BCUT2D eigenvalue weighted by molar-refractivity contribution is 0.822. The first-order valence-corrected chi connectivity index (χ1v) is 4.57. The van der Waals surface area contributed by atoms with Gasteiger partial charge in [0, 0.05) is 32.5 Å². The molecular weight excluding hydrogens is 174 g/mol. The Morgan fingerprint density at radius 2 is 2.50 bits per heavy atom. The van der Waals surface area contributed by atoms with Crippen LogP contribution in [0.3, 0.4) is 0 Å². The minimum absolute atomic E-state index is 0.293. The number of hydrogen-bond donors (Lipinski definition) is 0. The summed E-state index contributed by atoms with van der Waals surface area (Å²) in [6.45, 7) is 1.95. The van der Waals surface area contributed by atoms with E-state index in [1.54, 1.807) is 0 Å². The smallest absolute Gasteiger partial charge is 0.205 e. The molecule has 66 valence electrons. The average Bonchev–Trinajstić information content (AvgIpc) is 2.58. The van der Waals surface area contributed by atoms with Crippen LogP contribution in [0.4, 0.5) is 5.95 Å². The molecule has 1 aliphatic heterocycles. The van der Waals surface area contributed by atoms with Crippen molar-refractivity contribution in [1.82, 2.24) is 9.55 Å². The Hall–Kier alpha value is -0.700. The van der Waals surface area contributed by atoms with Crippen molar-refractivity contribution in [2.75, 3.05) is 18.0 Å². The zero-order valence-electron chi connectivity index (χ0n) is 7.07. The Morgan fingerprint density at radius 1 is 1.67 bits per heavy atom. The lowest BCUT2D eigenvalue weighted by Crippen LogP contribution is -2.22. The van der Waals surface area contributed by atoms with E-state index < -0.39 is 0 Å². The topological polar surface area (TPSA) is 21.1 Å². The van der Waals surface area contributed by atoms with Crippen molar-refractivity contribution in [3.8, 4) is 0 Å². The quantitative estimate of drug-likeness (QED) is 0.614. The minimum Gasteiger partial charge on any atom is -0.341 e. The molecule has 1 aromatic heterocycles. The molecule has 0 spiro atoms. The summed E-state index contributed by atoms with van der Waals surface area (Å²) in [6, 6.07) is 0. The van der Waals surface area contributed by atoms with E-state index in [-0.39, 0.29) is 0 Å². The van der Waals surface area contributed by atoms with Gasteiger partial charge in [-0.1, -0.05) is 0 Å². The van der Waals surface area contributed by atoms with Gasteiger partial charge in [0.15, 0.2) is 0 Å². The van der Waals surface area contributed by atoms with Crippen LogP contribution in [-0.4, -0.2) is 28.0 Å². The summed E-state index contributed by atoms with van der Waals surface area (Å²) in [7, 11) is 2.00. The second-order valence-corrected chi connectivity index (χ2v) is 3.79. The molecule has 0 aliphatic carbocycles. The highest BCUT2D eigenvalue weighted by molar-refractivity contribution is 6.21. The second kappa shape index (κ2) is 2.98. The molecule has 0 radical (unpaired) electrons. The summed E-state index contributed by atoms with van der Waals surface area (Å²) >= 11 is 6.00. The second-order valence-electron chi connectivity index (χ2n) is 3.17. The Kier molecular flexibility index (Phi) is 1.97. The molecule has 0 aromatic carbocycles. The molecular formula is C8H12ClN3. The Morgan fingerprint density at radius 3 is 3.00 bits per heavy atom.